The minimum atomic E-state index is -4.84. The molecule has 2 aromatic rings. The van der Waals surface area contributed by atoms with Crippen molar-refractivity contribution in [1.29, 1.82) is 5.41 Å². The number of carbonyl (C=O) groups excluding carboxylic acids is 1. The molecule has 3 rings (SSSR count). The molecule has 1 atom stereocenters. The van der Waals surface area contributed by atoms with E-state index in [9.17, 15) is 27.5 Å². The van der Waals surface area contributed by atoms with Crippen LogP contribution in [-0.4, -0.2) is 56.7 Å². The van der Waals surface area contributed by atoms with Gasteiger partial charge in [-0.05, 0) is 58.2 Å². The van der Waals surface area contributed by atoms with Crippen LogP contribution in [0.15, 0.2) is 24.4 Å². The molecular formula is C27H36F4N4O3. The fraction of sp³-hybridized carbons (Fsp3) is 0.593. The van der Waals surface area contributed by atoms with Gasteiger partial charge in [-0.15, -0.1) is 0 Å². The highest BCUT2D eigenvalue weighted by Crippen LogP contribution is 2.35. The van der Waals surface area contributed by atoms with E-state index in [1.54, 1.807) is 31.9 Å². The van der Waals surface area contributed by atoms with Crippen LogP contribution in [-0.2, 0) is 17.5 Å². The van der Waals surface area contributed by atoms with Crippen LogP contribution >= 0.6 is 0 Å². The number of imidazole rings is 1. The van der Waals surface area contributed by atoms with Gasteiger partial charge in [0.1, 0.15) is 17.2 Å². The van der Waals surface area contributed by atoms with Crippen molar-refractivity contribution in [1.82, 2.24) is 14.5 Å². The Morgan fingerprint density at radius 2 is 1.89 bits per heavy atom. The zero-order chi connectivity index (χ0) is 28.3. The van der Waals surface area contributed by atoms with E-state index < -0.39 is 29.3 Å². The summed E-state index contributed by atoms with van der Waals surface area (Å²) in [5, 5.41) is 17.9. The van der Waals surface area contributed by atoms with Crippen molar-refractivity contribution >= 4 is 11.8 Å². The molecule has 1 saturated heterocycles. The topological polar surface area (TPSA) is 91.4 Å². The number of amides is 1. The van der Waals surface area contributed by atoms with Crippen molar-refractivity contribution in [3.63, 3.8) is 0 Å². The molecule has 0 spiro atoms. The van der Waals surface area contributed by atoms with Gasteiger partial charge in [-0.1, -0.05) is 6.92 Å². The van der Waals surface area contributed by atoms with Crippen LogP contribution in [0.3, 0.4) is 0 Å². The van der Waals surface area contributed by atoms with Crippen molar-refractivity contribution in [3.05, 3.63) is 41.6 Å². The third-order valence-corrected chi connectivity index (χ3v) is 6.71. The second-order valence-electron chi connectivity index (χ2n) is 10.7. The Bertz CT molecular complexity index is 1130. The lowest BCUT2D eigenvalue weighted by molar-refractivity contribution is -0.139. The first-order valence-corrected chi connectivity index (χ1v) is 12.8. The largest absolute Gasteiger partial charge is 0.444 e. The van der Waals surface area contributed by atoms with Crippen LogP contribution in [0.2, 0.25) is 0 Å². The molecule has 1 fully saturated rings. The van der Waals surface area contributed by atoms with Crippen molar-refractivity contribution in [2.24, 2.45) is 5.92 Å². The van der Waals surface area contributed by atoms with Crippen LogP contribution in [0.5, 0.6) is 0 Å². The highest BCUT2D eigenvalue weighted by atomic mass is 19.4. The van der Waals surface area contributed by atoms with E-state index in [4.69, 9.17) is 10.1 Å². The molecule has 1 aromatic carbocycles. The van der Waals surface area contributed by atoms with E-state index in [1.165, 1.54) is 6.07 Å². The number of carbonyl (C=O) groups is 1. The second kappa shape index (κ2) is 11.8. The number of piperidine rings is 1. The Morgan fingerprint density at radius 3 is 2.45 bits per heavy atom. The first-order chi connectivity index (χ1) is 17.7. The highest BCUT2D eigenvalue weighted by Gasteiger charge is 2.35. The van der Waals surface area contributed by atoms with Crippen molar-refractivity contribution in [3.8, 4) is 11.3 Å². The molecule has 1 aliphatic rings. The van der Waals surface area contributed by atoms with Gasteiger partial charge < -0.3 is 24.7 Å². The fourth-order valence-corrected chi connectivity index (χ4v) is 4.55. The van der Waals surface area contributed by atoms with E-state index >= 15 is 0 Å². The highest BCUT2D eigenvalue weighted by molar-refractivity contribution is 5.83. The van der Waals surface area contributed by atoms with Crippen molar-refractivity contribution in [2.75, 3.05) is 19.7 Å². The standard InChI is InChI=1S/C27H36F4N4O3/c1-5-17(16-36)22(32)10-13-35-15-23(19-6-7-21(28)20(14-19)27(29,30)31)33-24(35)18-8-11-34(12-9-18)25(37)38-26(2,3)4/h6-7,14-15,17-18,32,36H,5,8-13,16H2,1-4H3/t17-/m0/s1. The van der Waals surface area contributed by atoms with Gasteiger partial charge in [0.2, 0.25) is 0 Å². The summed E-state index contributed by atoms with van der Waals surface area (Å²) >= 11 is 0. The Kier molecular flexibility index (Phi) is 9.22. The monoisotopic (exact) mass is 540 g/mol. The summed E-state index contributed by atoms with van der Waals surface area (Å²) in [5.74, 6) is -1.03. The summed E-state index contributed by atoms with van der Waals surface area (Å²) < 4.78 is 61.1. The van der Waals surface area contributed by atoms with Crippen LogP contribution < -0.4 is 0 Å². The molecule has 2 N–H and O–H groups in total. The van der Waals surface area contributed by atoms with E-state index in [0.717, 1.165) is 12.1 Å². The molecule has 0 radical (unpaired) electrons. The number of aryl methyl sites for hydroxylation is 1. The number of halogens is 4. The van der Waals surface area contributed by atoms with Gasteiger partial charge >= 0.3 is 12.3 Å². The first-order valence-electron chi connectivity index (χ1n) is 12.8. The molecule has 0 aliphatic carbocycles. The SMILES string of the molecule is CC[C@@H](CO)C(=N)CCn1cc(-c2ccc(F)c(C(F)(F)F)c2)nc1C1CCN(C(=O)OC(C)(C)C)CC1. The summed E-state index contributed by atoms with van der Waals surface area (Å²) in [6.45, 7) is 8.39. The van der Waals surface area contributed by atoms with E-state index in [0.29, 0.717) is 56.9 Å². The van der Waals surface area contributed by atoms with Crippen LogP contribution in [0, 0.1) is 17.1 Å². The average molecular weight is 541 g/mol. The predicted molar refractivity (Wildman–Crippen MR) is 136 cm³/mol. The number of rotatable bonds is 8. The van der Waals surface area contributed by atoms with Crippen LogP contribution in [0.1, 0.15) is 70.7 Å². The van der Waals surface area contributed by atoms with E-state index in [1.807, 2.05) is 11.5 Å². The molecule has 38 heavy (non-hydrogen) atoms. The molecule has 1 amide bonds. The van der Waals surface area contributed by atoms with Gasteiger partial charge in [-0.2, -0.15) is 13.2 Å². The zero-order valence-corrected chi connectivity index (χ0v) is 22.2. The lowest BCUT2D eigenvalue weighted by Crippen LogP contribution is -2.41. The number of likely N-dealkylation sites (tertiary alicyclic amines) is 1. The molecule has 7 nitrogen and oxygen atoms in total. The average Bonchev–Trinajstić information content (AvgIpc) is 3.26. The van der Waals surface area contributed by atoms with Gasteiger partial charge in [0.05, 0.1) is 17.9 Å². The molecule has 2 heterocycles. The normalized spacial score (nSPS) is 16.0. The maximum Gasteiger partial charge on any atom is 0.419 e. The number of aromatic nitrogens is 2. The Hall–Kier alpha value is -2.95. The molecule has 0 bridgehead atoms. The lowest BCUT2D eigenvalue weighted by Gasteiger charge is -2.33. The Balaban J connectivity index is 1.88. The maximum absolute atomic E-state index is 13.9. The van der Waals surface area contributed by atoms with Crippen LogP contribution in [0.25, 0.3) is 11.3 Å². The van der Waals surface area contributed by atoms with Gasteiger partial charge in [0, 0.05) is 55.4 Å². The van der Waals surface area contributed by atoms with Gasteiger partial charge in [-0.3, -0.25) is 0 Å². The second-order valence-corrected chi connectivity index (χ2v) is 10.7. The number of nitrogens with one attached hydrogen (secondary N) is 1. The number of benzene rings is 1. The summed E-state index contributed by atoms with van der Waals surface area (Å²) in [4.78, 5) is 18.8. The van der Waals surface area contributed by atoms with E-state index in [2.05, 4.69) is 4.98 Å². The quantitative estimate of drug-likeness (QED) is 0.306. The minimum absolute atomic E-state index is 0.0704. The molecule has 11 heteroatoms. The van der Waals surface area contributed by atoms with Gasteiger partial charge in [0.25, 0.3) is 0 Å². The number of alkyl halides is 3. The lowest BCUT2D eigenvalue weighted by atomic mass is 9.95. The molecule has 1 aromatic heterocycles. The maximum atomic E-state index is 13.9. The molecular weight excluding hydrogens is 504 g/mol. The minimum Gasteiger partial charge on any atom is -0.444 e. The molecule has 210 valence electrons. The summed E-state index contributed by atoms with van der Waals surface area (Å²) in [7, 11) is 0. The fourth-order valence-electron chi connectivity index (χ4n) is 4.55. The van der Waals surface area contributed by atoms with Gasteiger partial charge in [0.15, 0.2) is 0 Å². The Morgan fingerprint density at radius 1 is 1.24 bits per heavy atom. The van der Waals surface area contributed by atoms with E-state index in [-0.39, 0.29) is 29.7 Å². The third-order valence-electron chi connectivity index (χ3n) is 6.71. The number of hydrogen-bond donors (Lipinski definition) is 2. The summed E-state index contributed by atoms with van der Waals surface area (Å²) in [6, 6.07) is 2.82. The van der Waals surface area contributed by atoms with Crippen LogP contribution in [0.4, 0.5) is 22.4 Å². The number of ether oxygens (including phenoxy) is 1. The number of aliphatic hydroxyl groups excluding tert-OH is 1. The number of nitrogens with zero attached hydrogens (tertiary/aromatic N) is 3. The third kappa shape index (κ3) is 7.33. The predicted octanol–water partition coefficient (Wildman–Crippen LogP) is 6.25. The first kappa shape index (κ1) is 29.6. The number of hydrogen-bond acceptors (Lipinski definition) is 5. The Labute approximate surface area is 220 Å². The molecule has 0 saturated carbocycles. The summed E-state index contributed by atoms with van der Waals surface area (Å²) in [5.41, 5.74) is -1.16. The molecule has 0 unspecified atom stereocenters. The summed E-state index contributed by atoms with van der Waals surface area (Å²) in [6.07, 6.45) is -1.47. The van der Waals surface area contributed by atoms with Crippen molar-refractivity contribution in [2.45, 2.75) is 77.6 Å². The smallest absolute Gasteiger partial charge is 0.419 e. The number of aliphatic hydroxyl groups is 1. The van der Waals surface area contributed by atoms with Gasteiger partial charge in [-0.25, -0.2) is 14.2 Å². The molecule has 1 aliphatic heterocycles. The zero-order valence-electron chi connectivity index (χ0n) is 22.2. The van der Waals surface area contributed by atoms with Crippen molar-refractivity contribution < 1.29 is 32.2 Å².